The van der Waals surface area contributed by atoms with Crippen LogP contribution in [0.3, 0.4) is 0 Å². The van der Waals surface area contributed by atoms with Crippen molar-refractivity contribution in [1.29, 1.82) is 5.26 Å². The van der Waals surface area contributed by atoms with Crippen molar-refractivity contribution in [3.8, 4) is 11.8 Å². The van der Waals surface area contributed by atoms with Crippen molar-refractivity contribution in [2.75, 3.05) is 13.6 Å². The first-order valence-electron chi connectivity index (χ1n) is 7.35. The van der Waals surface area contributed by atoms with E-state index >= 15 is 0 Å². The van der Waals surface area contributed by atoms with E-state index in [9.17, 15) is 5.26 Å². The van der Waals surface area contributed by atoms with Crippen LogP contribution in [0.5, 0.6) is 5.75 Å². The lowest BCUT2D eigenvalue weighted by Gasteiger charge is -2.09. The van der Waals surface area contributed by atoms with Crippen molar-refractivity contribution >= 4 is 6.08 Å². The molecule has 0 saturated carbocycles. The molecule has 22 heavy (non-hydrogen) atoms. The maximum Gasteiger partial charge on any atom is 0.138 e. The molecule has 2 aromatic rings. The van der Waals surface area contributed by atoms with Gasteiger partial charge in [0.1, 0.15) is 18.4 Å². The molecule has 3 heteroatoms. The Morgan fingerprint density at radius 1 is 1.18 bits per heavy atom. The van der Waals surface area contributed by atoms with Gasteiger partial charge >= 0.3 is 0 Å². The van der Waals surface area contributed by atoms with E-state index in [1.807, 2.05) is 55.6 Å². The summed E-state index contributed by atoms with van der Waals surface area (Å²) >= 11 is 0. The molecule has 1 N–H and O–H groups in total. The highest BCUT2D eigenvalue weighted by atomic mass is 16.5. The Morgan fingerprint density at radius 3 is 2.73 bits per heavy atom. The van der Waals surface area contributed by atoms with Gasteiger partial charge in [0, 0.05) is 0 Å². The molecule has 0 atom stereocenters. The van der Waals surface area contributed by atoms with Crippen molar-refractivity contribution in [3.05, 3.63) is 71.3 Å². The van der Waals surface area contributed by atoms with Crippen LogP contribution in [0.15, 0.2) is 54.6 Å². The van der Waals surface area contributed by atoms with E-state index in [2.05, 4.69) is 17.5 Å². The Kier molecular flexibility index (Phi) is 6.22. The smallest absolute Gasteiger partial charge is 0.138 e. The van der Waals surface area contributed by atoms with E-state index in [0.29, 0.717) is 17.9 Å². The van der Waals surface area contributed by atoms with Crippen molar-refractivity contribution in [1.82, 2.24) is 5.32 Å². The van der Waals surface area contributed by atoms with Crippen molar-refractivity contribution < 1.29 is 4.74 Å². The normalized spacial score (nSPS) is 10.5. The van der Waals surface area contributed by atoms with Crippen molar-refractivity contribution in [3.63, 3.8) is 0 Å². The Balaban J connectivity index is 2.08. The van der Waals surface area contributed by atoms with Gasteiger partial charge in [-0.25, -0.2) is 0 Å². The maximum absolute atomic E-state index is 9.20. The molecule has 0 fully saturated rings. The fraction of sp³-hybridized carbons (Fsp3) is 0.211. The van der Waals surface area contributed by atoms with Crippen LogP contribution < -0.4 is 10.1 Å². The number of rotatable bonds is 7. The highest BCUT2D eigenvalue weighted by Gasteiger charge is 2.04. The Labute approximate surface area is 131 Å². The summed E-state index contributed by atoms with van der Waals surface area (Å²) in [6, 6.07) is 17.8. The van der Waals surface area contributed by atoms with Crippen LogP contribution in [0.4, 0.5) is 0 Å². The van der Waals surface area contributed by atoms with Crippen LogP contribution in [0.25, 0.3) is 6.08 Å². The second-order valence-corrected chi connectivity index (χ2v) is 4.94. The topological polar surface area (TPSA) is 45.0 Å². The summed E-state index contributed by atoms with van der Waals surface area (Å²) in [5.41, 5.74) is 2.68. The highest BCUT2D eigenvalue weighted by Crippen LogP contribution is 2.22. The Bertz CT molecular complexity index is 657. The van der Waals surface area contributed by atoms with Gasteiger partial charge in [0.05, 0.1) is 5.56 Å². The van der Waals surface area contributed by atoms with Gasteiger partial charge < -0.3 is 10.1 Å². The molecule has 0 aromatic heterocycles. The quantitative estimate of drug-likeness (QED) is 0.790. The molecule has 0 aliphatic rings. The van der Waals surface area contributed by atoms with E-state index in [-0.39, 0.29) is 0 Å². The lowest BCUT2D eigenvalue weighted by molar-refractivity contribution is 0.305. The molecule has 2 rings (SSSR count). The largest absolute Gasteiger partial charge is 0.488 e. The summed E-state index contributed by atoms with van der Waals surface area (Å²) in [7, 11) is 1.94. The standard InChI is InChI=1S/C19H20N2O/c1-21-12-6-5-7-16-10-11-18(14-20)19(13-16)22-15-17-8-3-2-4-9-17/h2-5,7-11,13,21H,6,12,15H2,1H3. The molecule has 0 heterocycles. The van der Waals surface area contributed by atoms with Crippen LogP contribution in [-0.4, -0.2) is 13.6 Å². The third-order valence-corrected chi connectivity index (χ3v) is 3.23. The van der Waals surface area contributed by atoms with Crippen LogP contribution in [0.2, 0.25) is 0 Å². The molecule has 0 aliphatic heterocycles. The zero-order valence-electron chi connectivity index (χ0n) is 12.8. The third kappa shape index (κ3) is 4.76. The molecule has 0 radical (unpaired) electrons. The fourth-order valence-electron chi connectivity index (χ4n) is 2.04. The number of nitrogens with zero attached hydrogens (tertiary/aromatic N) is 1. The number of hydrogen-bond donors (Lipinski definition) is 1. The first kappa shape index (κ1) is 15.8. The van der Waals surface area contributed by atoms with Gasteiger partial charge in [0.15, 0.2) is 0 Å². The molecule has 2 aromatic carbocycles. The van der Waals surface area contributed by atoms with Gasteiger partial charge in [-0.2, -0.15) is 5.26 Å². The van der Waals surface area contributed by atoms with Crippen molar-refractivity contribution in [2.24, 2.45) is 0 Å². The Morgan fingerprint density at radius 2 is 2.00 bits per heavy atom. The molecule has 112 valence electrons. The molecule has 0 aliphatic carbocycles. The summed E-state index contributed by atoms with van der Waals surface area (Å²) < 4.78 is 5.81. The first-order chi connectivity index (χ1) is 10.8. The van der Waals surface area contributed by atoms with Crippen LogP contribution in [0, 0.1) is 11.3 Å². The van der Waals surface area contributed by atoms with E-state index in [4.69, 9.17) is 4.74 Å². The van der Waals surface area contributed by atoms with Gasteiger partial charge in [0.2, 0.25) is 0 Å². The molecular weight excluding hydrogens is 272 g/mol. The average Bonchev–Trinajstić information content (AvgIpc) is 2.58. The minimum absolute atomic E-state index is 0.461. The zero-order chi connectivity index (χ0) is 15.6. The average molecular weight is 292 g/mol. The second kappa shape index (κ2) is 8.66. The van der Waals surface area contributed by atoms with Gasteiger partial charge in [0.25, 0.3) is 0 Å². The minimum Gasteiger partial charge on any atom is -0.488 e. The van der Waals surface area contributed by atoms with E-state index in [1.54, 1.807) is 6.07 Å². The molecule has 0 unspecified atom stereocenters. The SMILES string of the molecule is CNCCC=Cc1ccc(C#N)c(OCc2ccccc2)c1. The van der Waals surface area contributed by atoms with Crippen LogP contribution >= 0.6 is 0 Å². The minimum atomic E-state index is 0.461. The molecule has 0 bridgehead atoms. The lowest BCUT2D eigenvalue weighted by atomic mass is 10.1. The first-order valence-corrected chi connectivity index (χ1v) is 7.35. The zero-order valence-corrected chi connectivity index (χ0v) is 12.8. The van der Waals surface area contributed by atoms with E-state index in [1.165, 1.54) is 0 Å². The Hall–Kier alpha value is -2.57. The molecular formula is C19H20N2O. The van der Waals surface area contributed by atoms with Crippen LogP contribution in [0.1, 0.15) is 23.1 Å². The number of hydrogen-bond acceptors (Lipinski definition) is 3. The van der Waals surface area contributed by atoms with Crippen LogP contribution in [-0.2, 0) is 6.61 Å². The van der Waals surface area contributed by atoms with E-state index < -0.39 is 0 Å². The highest BCUT2D eigenvalue weighted by molar-refractivity contribution is 5.56. The lowest BCUT2D eigenvalue weighted by Crippen LogP contribution is -2.05. The molecule has 3 nitrogen and oxygen atoms in total. The molecule has 0 saturated heterocycles. The fourth-order valence-corrected chi connectivity index (χ4v) is 2.04. The number of nitrogens with one attached hydrogen (secondary N) is 1. The summed E-state index contributed by atoms with van der Waals surface area (Å²) in [5, 5.41) is 12.3. The number of nitriles is 1. The van der Waals surface area contributed by atoms with Crippen molar-refractivity contribution in [2.45, 2.75) is 13.0 Å². The summed E-state index contributed by atoms with van der Waals surface area (Å²) in [5.74, 6) is 0.627. The predicted octanol–water partition coefficient (Wildman–Crippen LogP) is 3.76. The van der Waals surface area contributed by atoms with Gasteiger partial charge in [-0.15, -0.1) is 0 Å². The summed E-state index contributed by atoms with van der Waals surface area (Å²) in [4.78, 5) is 0. The summed E-state index contributed by atoms with van der Waals surface area (Å²) in [6.07, 6.45) is 5.13. The van der Waals surface area contributed by atoms with Gasteiger partial charge in [-0.3, -0.25) is 0 Å². The molecule has 0 amide bonds. The summed E-state index contributed by atoms with van der Waals surface area (Å²) in [6.45, 7) is 1.41. The predicted molar refractivity (Wildman–Crippen MR) is 89.5 cm³/mol. The number of benzene rings is 2. The molecule has 0 spiro atoms. The van der Waals surface area contributed by atoms with Gasteiger partial charge in [-0.1, -0.05) is 48.6 Å². The van der Waals surface area contributed by atoms with E-state index in [0.717, 1.165) is 24.1 Å². The monoisotopic (exact) mass is 292 g/mol. The third-order valence-electron chi connectivity index (χ3n) is 3.23. The second-order valence-electron chi connectivity index (χ2n) is 4.94. The maximum atomic E-state index is 9.20. The van der Waals surface area contributed by atoms with Gasteiger partial charge in [-0.05, 0) is 43.3 Å². The number of ether oxygens (including phenoxy) is 1.